The Morgan fingerprint density at radius 2 is 2.08 bits per heavy atom. The van der Waals surface area contributed by atoms with E-state index in [1.165, 1.54) is 12.2 Å². The molecule has 0 bridgehead atoms. The molecule has 12 heavy (non-hydrogen) atoms. The fourth-order valence-corrected chi connectivity index (χ4v) is 0.847. The Morgan fingerprint density at radius 3 is 2.67 bits per heavy atom. The van der Waals surface area contributed by atoms with Gasteiger partial charge in [0.25, 0.3) is 0 Å². The van der Waals surface area contributed by atoms with Gasteiger partial charge in [-0.25, -0.2) is 0 Å². The molecule has 0 heterocycles. The van der Waals surface area contributed by atoms with Crippen molar-refractivity contribution in [1.29, 1.82) is 0 Å². The monoisotopic (exact) mass is 182 g/mol. The van der Waals surface area contributed by atoms with Crippen molar-refractivity contribution in [2.24, 2.45) is 0 Å². The van der Waals surface area contributed by atoms with E-state index < -0.39 is 5.24 Å². The van der Waals surface area contributed by atoms with Gasteiger partial charge in [-0.05, 0) is 29.8 Å². The maximum atomic E-state index is 10.3. The lowest BCUT2D eigenvalue weighted by Gasteiger charge is -1.95. The van der Waals surface area contributed by atoms with Crippen molar-refractivity contribution < 1.29 is 9.90 Å². The number of hydrogen-bond acceptors (Lipinski definition) is 2. The molecule has 0 aliphatic carbocycles. The first-order chi connectivity index (χ1) is 5.70. The maximum Gasteiger partial charge on any atom is 0.245 e. The van der Waals surface area contributed by atoms with Gasteiger partial charge in [0.1, 0.15) is 5.75 Å². The van der Waals surface area contributed by atoms with Crippen molar-refractivity contribution in [2.45, 2.75) is 0 Å². The minimum absolute atomic E-state index is 0.131. The van der Waals surface area contributed by atoms with Crippen LogP contribution in [-0.4, -0.2) is 10.3 Å². The van der Waals surface area contributed by atoms with Crippen LogP contribution in [0.3, 0.4) is 0 Å². The summed E-state index contributed by atoms with van der Waals surface area (Å²) in [4.78, 5) is 10.3. The van der Waals surface area contributed by atoms with Gasteiger partial charge in [-0.3, -0.25) is 4.79 Å². The van der Waals surface area contributed by atoms with E-state index in [2.05, 4.69) is 0 Å². The Bertz CT molecular complexity index is 318. The third-order valence-electron chi connectivity index (χ3n) is 1.33. The van der Waals surface area contributed by atoms with Crippen LogP contribution in [0.5, 0.6) is 5.75 Å². The van der Waals surface area contributed by atoms with Crippen LogP contribution in [-0.2, 0) is 4.79 Å². The molecule has 0 saturated carbocycles. The number of para-hydroxylation sites is 1. The Balaban J connectivity index is 2.89. The first kappa shape index (κ1) is 8.81. The van der Waals surface area contributed by atoms with Gasteiger partial charge in [-0.15, -0.1) is 0 Å². The number of hydrogen-bond donors (Lipinski definition) is 1. The normalized spacial score (nSPS) is 10.4. The second kappa shape index (κ2) is 3.93. The molecule has 0 fully saturated rings. The van der Waals surface area contributed by atoms with E-state index in [0.717, 1.165) is 0 Å². The molecular weight excluding hydrogens is 176 g/mol. The summed E-state index contributed by atoms with van der Waals surface area (Å²) in [6, 6.07) is 6.69. The van der Waals surface area contributed by atoms with Crippen LogP contribution < -0.4 is 0 Å². The predicted octanol–water partition coefficient (Wildman–Crippen LogP) is 2.17. The van der Waals surface area contributed by atoms with Gasteiger partial charge in [0.15, 0.2) is 0 Å². The van der Waals surface area contributed by atoms with Crippen LogP contribution in [0.1, 0.15) is 5.56 Å². The summed E-state index contributed by atoms with van der Waals surface area (Å²) in [7, 11) is 0. The quantitative estimate of drug-likeness (QED) is 0.562. The third kappa shape index (κ3) is 2.40. The van der Waals surface area contributed by atoms with Crippen LogP contribution in [0, 0.1) is 0 Å². The zero-order valence-corrected chi connectivity index (χ0v) is 6.95. The second-order valence-corrected chi connectivity index (χ2v) is 2.57. The van der Waals surface area contributed by atoms with Gasteiger partial charge >= 0.3 is 0 Å². The summed E-state index contributed by atoms with van der Waals surface area (Å²) < 4.78 is 0. The summed E-state index contributed by atoms with van der Waals surface area (Å²) in [6.07, 6.45) is 2.65. The first-order valence-corrected chi connectivity index (χ1v) is 3.73. The Hall–Kier alpha value is -1.28. The number of phenols is 1. The van der Waals surface area contributed by atoms with Gasteiger partial charge in [-0.2, -0.15) is 0 Å². The number of carbonyl (C=O) groups excluding carboxylic acids is 1. The van der Waals surface area contributed by atoms with Gasteiger partial charge in [0, 0.05) is 5.56 Å². The van der Waals surface area contributed by atoms with Crippen LogP contribution in [0.2, 0.25) is 0 Å². The van der Waals surface area contributed by atoms with Crippen LogP contribution in [0.4, 0.5) is 0 Å². The Labute approximate surface area is 75.1 Å². The minimum Gasteiger partial charge on any atom is -0.507 e. The van der Waals surface area contributed by atoms with E-state index in [1.54, 1.807) is 24.3 Å². The summed E-state index contributed by atoms with van der Waals surface area (Å²) >= 11 is 5.07. The lowest BCUT2D eigenvalue weighted by molar-refractivity contribution is -0.107. The number of halogens is 1. The smallest absolute Gasteiger partial charge is 0.245 e. The molecule has 0 spiro atoms. The average molecular weight is 183 g/mol. The molecular formula is C9H7ClO2. The number of benzene rings is 1. The standard InChI is InChI=1S/C9H7ClO2/c10-9(12)6-5-7-3-1-2-4-8(7)11/h1-6,11H/b6-5+. The van der Waals surface area contributed by atoms with Crippen molar-refractivity contribution in [1.82, 2.24) is 0 Å². The highest BCUT2D eigenvalue weighted by atomic mass is 35.5. The van der Waals surface area contributed by atoms with Gasteiger partial charge in [0.05, 0.1) is 0 Å². The minimum atomic E-state index is -0.557. The lowest BCUT2D eigenvalue weighted by atomic mass is 10.2. The molecule has 1 aromatic rings. The van der Waals surface area contributed by atoms with Crippen molar-refractivity contribution >= 4 is 22.9 Å². The molecule has 2 nitrogen and oxygen atoms in total. The molecule has 1 aromatic carbocycles. The Morgan fingerprint density at radius 1 is 1.42 bits per heavy atom. The highest BCUT2D eigenvalue weighted by molar-refractivity contribution is 6.66. The van der Waals surface area contributed by atoms with E-state index >= 15 is 0 Å². The largest absolute Gasteiger partial charge is 0.507 e. The molecule has 0 atom stereocenters. The topological polar surface area (TPSA) is 37.3 Å². The Kier molecular flexibility index (Phi) is 2.88. The fraction of sp³-hybridized carbons (Fsp3) is 0. The molecule has 0 saturated heterocycles. The van der Waals surface area contributed by atoms with Gasteiger partial charge < -0.3 is 5.11 Å². The predicted molar refractivity (Wildman–Crippen MR) is 48.0 cm³/mol. The summed E-state index contributed by atoms with van der Waals surface area (Å²) in [5.74, 6) is 0.131. The number of aromatic hydroxyl groups is 1. The molecule has 1 rings (SSSR count). The average Bonchev–Trinajstić information content (AvgIpc) is 2.03. The van der Waals surface area contributed by atoms with Crippen molar-refractivity contribution in [3.05, 3.63) is 35.9 Å². The van der Waals surface area contributed by atoms with E-state index in [0.29, 0.717) is 5.56 Å². The highest BCUT2D eigenvalue weighted by Gasteiger charge is 1.94. The molecule has 0 unspecified atom stereocenters. The molecule has 0 aliphatic rings. The third-order valence-corrected chi connectivity index (χ3v) is 1.46. The first-order valence-electron chi connectivity index (χ1n) is 3.35. The summed E-state index contributed by atoms with van der Waals surface area (Å²) in [6.45, 7) is 0. The zero-order chi connectivity index (χ0) is 8.97. The molecule has 3 heteroatoms. The van der Waals surface area contributed by atoms with E-state index in [1.807, 2.05) is 0 Å². The fourth-order valence-electron chi connectivity index (χ4n) is 0.784. The van der Waals surface area contributed by atoms with E-state index in [4.69, 9.17) is 11.6 Å². The SMILES string of the molecule is O=C(Cl)/C=C/c1ccccc1O. The van der Waals surface area contributed by atoms with Crippen molar-refractivity contribution in [3.63, 3.8) is 0 Å². The lowest BCUT2D eigenvalue weighted by Crippen LogP contribution is -1.77. The molecule has 0 amide bonds. The molecule has 0 radical (unpaired) electrons. The molecule has 0 aromatic heterocycles. The second-order valence-electron chi connectivity index (χ2n) is 2.20. The number of allylic oxidation sites excluding steroid dienone is 1. The molecule has 1 N–H and O–H groups in total. The van der Waals surface area contributed by atoms with Crippen LogP contribution in [0.25, 0.3) is 6.08 Å². The van der Waals surface area contributed by atoms with Crippen molar-refractivity contribution in [3.8, 4) is 5.75 Å². The number of phenolic OH excluding ortho intramolecular Hbond substituents is 1. The summed E-state index contributed by atoms with van der Waals surface area (Å²) in [5.41, 5.74) is 0.575. The number of rotatable bonds is 2. The summed E-state index contributed by atoms with van der Waals surface area (Å²) in [5, 5.41) is 8.66. The molecule has 0 aliphatic heterocycles. The zero-order valence-electron chi connectivity index (χ0n) is 6.20. The van der Waals surface area contributed by atoms with Gasteiger partial charge in [-0.1, -0.05) is 18.2 Å². The van der Waals surface area contributed by atoms with Crippen LogP contribution in [0.15, 0.2) is 30.3 Å². The van der Waals surface area contributed by atoms with E-state index in [-0.39, 0.29) is 5.75 Å². The number of carbonyl (C=O) groups is 1. The van der Waals surface area contributed by atoms with Crippen LogP contribution >= 0.6 is 11.6 Å². The highest BCUT2D eigenvalue weighted by Crippen LogP contribution is 2.16. The van der Waals surface area contributed by atoms with E-state index in [9.17, 15) is 9.90 Å². The maximum absolute atomic E-state index is 10.3. The van der Waals surface area contributed by atoms with Gasteiger partial charge in [0.2, 0.25) is 5.24 Å². The molecule has 62 valence electrons. The van der Waals surface area contributed by atoms with Crippen molar-refractivity contribution in [2.75, 3.05) is 0 Å².